The Morgan fingerprint density at radius 1 is 1.08 bits per heavy atom. The molecule has 0 radical (unpaired) electrons. The summed E-state index contributed by atoms with van der Waals surface area (Å²) in [5.41, 5.74) is 3.20. The Kier molecular flexibility index (Phi) is 7.73. The zero-order valence-corrected chi connectivity index (χ0v) is 22.3. The third kappa shape index (κ3) is 5.27. The van der Waals surface area contributed by atoms with Crippen LogP contribution in [0.5, 0.6) is 5.75 Å². The van der Waals surface area contributed by atoms with Crippen molar-refractivity contribution in [2.45, 2.75) is 33.7 Å². The minimum absolute atomic E-state index is 0.250. The van der Waals surface area contributed by atoms with Gasteiger partial charge < -0.3 is 14.4 Å². The second-order valence-electron chi connectivity index (χ2n) is 8.50. The van der Waals surface area contributed by atoms with E-state index in [0.717, 1.165) is 24.3 Å². The lowest BCUT2D eigenvalue weighted by Gasteiger charge is -2.24. The van der Waals surface area contributed by atoms with Crippen LogP contribution in [0.4, 0.5) is 5.69 Å². The number of anilines is 1. The average molecular weight is 520 g/mol. The van der Waals surface area contributed by atoms with Gasteiger partial charge in [0.25, 0.3) is 5.56 Å². The highest BCUT2D eigenvalue weighted by Crippen LogP contribution is 2.31. The number of hydrogen-bond donors (Lipinski definition) is 0. The maximum Gasteiger partial charge on any atom is 0.338 e. The van der Waals surface area contributed by atoms with E-state index in [4.69, 9.17) is 9.47 Å². The molecule has 4 rings (SSSR count). The number of ether oxygens (including phenoxy) is 2. The molecule has 1 aliphatic heterocycles. The van der Waals surface area contributed by atoms with Crippen LogP contribution in [0.25, 0.3) is 6.08 Å². The number of thiazole rings is 1. The monoisotopic (exact) mass is 519 g/mol. The summed E-state index contributed by atoms with van der Waals surface area (Å²) >= 11 is 1.27. The van der Waals surface area contributed by atoms with E-state index in [-0.39, 0.29) is 11.1 Å². The van der Waals surface area contributed by atoms with E-state index in [1.54, 1.807) is 31.2 Å². The maximum absolute atomic E-state index is 13.7. The molecule has 1 atom stereocenters. The van der Waals surface area contributed by atoms with Gasteiger partial charge in [-0.2, -0.15) is 0 Å². The molecular formula is C28H29N3O5S. The Labute approximate surface area is 218 Å². The number of aromatic nitrogens is 1. The molecule has 0 saturated carbocycles. The molecule has 2 aromatic carbocycles. The largest absolute Gasteiger partial charge is 0.466 e. The Morgan fingerprint density at radius 3 is 2.30 bits per heavy atom. The van der Waals surface area contributed by atoms with Gasteiger partial charge >= 0.3 is 11.9 Å². The van der Waals surface area contributed by atoms with Crippen LogP contribution < -0.4 is 24.5 Å². The first-order valence-corrected chi connectivity index (χ1v) is 12.8. The zero-order chi connectivity index (χ0) is 26.7. The molecule has 0 fully saturated rings. The van der Waals surface area contributed by atoms with Crippen LogP contribution in [0.3, 0.4) is 0 Å². The van der Waals surface area contributed by atoms with Gasteiger partial charge in [-0.05, 0) is 62.2 Å². The van der Waals surface area contributed by atoms with Crippen molar-refractivity contribution in [3.63, 3.8) is 0 Å². The van der Waals surface area contributed by atoms with Crippen LogP contribution in [0.2, 0.25) is 0 Å². The predicted octanol–water partition coefficient (Wildman–Crippen LogP) is 3.18. The minimum atomic E-state index is -0.734. The van der Waals surface area contributed by atoms with Gasteiger partial charge in [0.15, 0.2) is 4.80 Å². The number of carbonyl (C=O) groups excluding carboxylic acids is 2. The molecule has 0 spiro atoms. The first kappa shape index (κ1) is 26.1. The minimum Gasteiger partial charge on any atom is -0.466 e. The van der Waals surface area contributed by atoms with Crippen LogP contribution in [0, 0.1) is 0 Å². The van der Waals surface area contributed by atoms with Gasteiger partial charge in [-0.1, -0.05) is 35.6 Å². The van der Waals surface area contributed by atoms with E-state index >= 15 is 0 Å². The van der Waals surface area contributed by atoms with Crippen molar-refractivity contribution in [3.8, 4) is 5.75 Å². The summed E-state index contributed by atoms with van der Waals surface area (Å²) in [6.45, 7) is 9.11. The maximum atomic E-state index is 13.7. The number of benzene rings is 2. The second kappa shape index (κ2) is 11.0. The standard InChI is InChI=1S/C28H29N3O5S/c1-6-30(7-2)21-12-8-19(9-13-21)16-23-26(33)31-25(20-10-14-22(15-11-20)36-18(4)32)24(27(34)35-5)17(3)29-28(31)37-23/h8-16,25H,6-7H2,1-5H3/b23-16-/t25-/m0/s1. The van der Waals surface area contributed by atoms with Gasteiger partial charge in [0.1, 0.15) is 5.75 Å². The van der Waals surface area contributed by atoms with Gasteiger partial charge in [0, 0.05) is 25.7 Å². The molecule has 9 heteroatoms. The molecule has 0 N–H and O–H groups in total. The summed E-state index contributed by atoms with van der Waals surface area (Å²) in [5.74, 6) is -0.620. The molecule has 1 aromatic heterocycles. The summed E-state index contributed by atoms with van der Waals surface area (Å²) in [5, 5.41) is 0. The quantitative estimate of drug-likeness (QED) is 0.352. The van der Waals surface area contributed by atoms with Crippen LogP contribution >= 0.6 is 11.3 Å². The van der Waals surface area contributed by atoms with Crippen molar-refractivity contribution >= 4 is 35.0 Å². The second-order valence-corrected chi connectivity index (χ2v) is 9.51. The lowest BCUT2D eigenvalue weighted by molar-refractivity contribution is -0.136. The number of esters is 2. The molecule has 37 heavy (non-hydrogen) atoms. The molecule has 0 saturated heterocycles. The van der Waals surface area contributed by atoms with Crippen molar-refractivity contribution in [3.05, 3.63) is 90.6 Å². The smallest absolute Gasteiger partial charge is 0.338 e. The number of allylic oxidation sites excluding steroid dienone is 1. The van der Waals surface area contributed by atoms with Crippen LogP contribution in [0.1, 0.15) is 44.9 Å². The lowest BCUT2D eigenvalue weighted by atomic mass is 9.96. The van der Waals surface area contributed by atoms with Crippen molar-refractivity contribution in [2.24, 2.45) is 4.99 Å². The van der Waals surface area contributed by atoms with Crippen molar-refractivity contribution < 1.29 is 19.1 Å². The first-order chi connectivity index (χ1) is 17.8. The van der Waals surface area contributed by atoms with Crippen molar-refractivity contribution in [1.82, 2.24) is 4.57 Å². The predicted molar refractivity (Wildman–Crippen MR) is 144 cm³/mol. The SMILES string of the molecule is CCN(CC)c1ccc(/C=c2\sc3n(c2=O)[C@@H](c2ccc(OC(C)=O)cc2)C(C(=O)OC)=C(C)N=3)cc1. The molecule has 0 unspecified atom stereocenters. The van der Waals surface area contributed by atoms with E-state index in [2.05, 4.69) is 23.7 Å². The number of rotatable bonds is 7. The van der Waals surface area contributed by atoms with Gasteiger partial charge in [-0.3, -0.25) is 14.2 Å². The fourth-order valence-corrected chi connectivity index (χ4v) is 5.46. The van der Waals surface area contributed by atoms with Crippen LogP contribution in [-0.2, 0) is 14.3 Å². The normalized spacial score (nSPS) is 15.2. The summed E-state index contributed by atoms with van der Waals surface area (Å²) < 4.78 is 12.2. The summed E-state index contributed by atoms with van der Waals surface area (Å²) in [6, 6.07) is 14.1. The molecule has 8 nitrogen and oxygen atoms in total. The number of carbonyl (C=O) groups is 2. The number of fused-ring (bicyclic) bond motifs is 1. The molecule has 3 aromatic rings. The topological polar surface area (TPSA) is 90.2 Å². The third-order valence-electron chi connectivity index (χ3n) is 6.20. The van der Waals surface area contributed by atoms with Crippen LogP contribution in [0.15, 0.2) is 69.6 Å². The van der Waals surface area contributed by atoms with Gasteiger partial charge in [0.2, 0.25) is 0 Å². The first-order valence-electron chi connectivity index (χ1n) is 12.0. The Bertz CT molecular complexity index is 1530. The lowest BCUT2D eigenvalue weighted by Crippen LogP contribution is -2.39. The molecule has 1 aliphatic rings. The Hall–Kier alpha value is -3.98. The molecule has 0 aliphatic carbocycles. The fourth-order valence-electron chi connectivity index (χ4n) is 4.41. The summed E-state index contributed by atoms with van der Waals surface area (Å²) in [4.78, 5) is 45.1. The van der Waals surface area contributed by atoms with Crippen LogP contribution in [-0.4, -0.2) is 36.7 Å². The summed E-state index contributed by atoms with van der Waals surface area (Å²) in [7, 11) is 1.30. The van der Waals surface area contributed by atoms with Gasteiger partial charge in [-0.25, -0.2) is 9.79 Å². The molecule has 192 valence electrons. The van der Waals surface area contributed by atoms with Crippen molar-refractivity contribution in [2.75, 3.05) is 25.1 Å². The highest BCUT2D eigenvalue weighted by Gasteiger charge is 2.33. The molecule has 0 amide bonds. The number of nitrogens with zero attached hydrogens (tertiary/aromatic N) is 3. The summed E-state index contributed by atoms with van der Waals surface area (Å²) in [6.07, 6.45) is 1.84. The van der Waals surface area contributed by atoms with E-state index < -0.39 is 18.0 Å². The van der Waals surface area contributed by atoms with E-state index in [1.807, 2.05) is 30.3 Å². The molecule has 0 bridgehead atoms. The third-order valence-corrected chi connectivity index (χ3v) is 7.19. The zero-order valence-electron chi connectivity index (χ0n) is 21.5. The van der Waals surface area contributed by atoms with E-state index in [1.165, 1.54) is 29.9 Å². The fraction of sp³-hybridized carbons (Fsp3) is 0.286. The van der Waals surface area contributed by atoms with E-state index in [0.29, 0.717) is 26.3 Å². The highest BCUT2D eigenvalue weighted by molar-refractivity contribution is 7.07. The van der Waals surface area contributed by atoms with Gasteiger partial charge in [0.05, 0.1) is 29.0 Å². The molecular weight excluding hydrogens is 490 g/mol. The Balaban J connectivity index is 1.83. The van der Waals surface area contributed by atoms with Gasteiger partial charge in [-0.15, -0.1) is 0 Å². The molecule has 2 heterocycles. The average Bonchev–Trinajstić information content (AvgIpc) is 3.18. The highest BCUT2D eigenvalue weighted by atomic mass is 32.1. The van der Waals surface area contributed by atoms with E-state index in [9.17, 15) is 14.4 Å². The Morgan fingerprint density at radius 2 is 1.73 bits per heavy atom. The van der Waals surface area contributed by atoms with Crippen molar-refractivity contribution in [1.29, 1.82) is 0 Å². The number of methoxy groups -OCH3 is 1. The number of hydrogen-bond acceptors (Lipinski definition) is 8.